The minimum atomic E-state index is -0.322. The molecule has 1 fully saturated rings. The molecule has 1 aliphatic carbocycles. The average molecular weight is 380 g/mol. The van der Waals surface area contributed by atoms with E-state index in [1.165, 1.54) is 35.9 Å². The molecule has 2 aromatic rings. The zero-order valence-electron chi connectivity index (χ0n) is 14.2. The van der Waals surface area contributed by atoms with E-state index < -0.39 is 0 Å². The smallest absolute Gasteiger partial charge is 0.237 e. The lowest BCUT2D eigenvalue weighted by Crippen LogP contribution is -2.22. The van der Waals surface area contributed by atoms with Gasteiger partial charge in [-0.2, -0.15) is 0 Å². The lowest BCUT2D eigenvalue weighted by atomic mass is 10.2. The van der Waals surface area contributed by atoms with E-state index in [9.17, 15) is 4.79 Å². The number of amides is 1. The Kier molecular flexibility index (Phi) is 5.64. The minimum absolute atomic E-state index is 0.136. The van der Waals surface area contributed by atoms with Crippen molar-refractivity contribution in [1.29, 1.82) is 0 Å². The van der Waals surface area contributed by atoms with Gasteiger partial charge in [0, 0.05) is 12.1 Å². The molecule has 0 saturated heterocycles. The first-order valence-corrected chi connectivity index (χ1v) is 9.58. The average Bonchev–Trinajstić information content (AvgIpc) is 3.32. The van der Waals surface area contributed by atoms with E-state index >= 15 is 0 Å². The van der Waals surface area contributed by atoms with E-state index in [0.717, 1.165) is 9.47 Å². The van der Waals surface area contributed by atoms with Crippen LogP contribution in [0, 0.1) is 0 Å². The van der Waals surface area contributed by atoms with Gasteiger partial charge >= 0.3 is 0 Å². The van der Waals surface area contributed by atoms with Crippen molar-refractivity contribution in [2.75, 3.05) is 24.9 Å². The number of carbonyl (C=O) groups excluding carboxylic acids is 1. The first-order chi connectivity index (χ1) is 12.1. The SMILES string of the molecule is COc1ccc(OC)c(NC(=O)C(C)Sc2nnc(NC3CC3)s2)c1. The normalized spacial score (nSPS) is 14.7. The summed E-state index contributed by atoms with van der Waals surface area (Å²) in [6.07, 6.45) is 2.37. The number of nitrogens with zero attached hydrogens (tertiary/aromatic N) is 2. The van der Waals surface area contributed by atoms with Crippen molar-refractivity contribution in [3.63, 3.8) is 0 Å². The van der Waals surface area contributed by atoms with Gasteiger partial charge in [-0.15, -0.1) is 10.2 Å². The van der Waals surface area contributed by atoms with Gasteiger partial charge < -0.3 is 20.1 Å². The van der Waals surface area contributed by atoms with Gasteiger partial charge in [-0.05, 0) is 31.9 Å². The molecule has 1 aromatic carbocycles. The maximum atomic E-state index is 12.5. The number of ether oxygens (including phenoxy) is 2. The van der Waals surface area contributed by atoms with Crippen molar-refractivity contribution in [3.05, 3.63) is 18.2 Å². The Morgan fingerprint density at radius 2 is 2.12 bits per heavy atom. The summed E-state index contributed by atoms with van der Waals surface area (Å²) in [5, 5.41) is 14.9. The van der Waals surface area contributed by atoms with Crippen LogP contribution in [0.5, 0.6) is 11.5 Å². The Morgan fingerprint density at radius 3 is 2.80 bits per heavy atom. The lowest BCUT2D eigenvalue weighted by Gasteiger charge is -2.14. The fraction of sp³-hybridized carbons (Fsp3) is 0.438. The van der Waals surface area contributed by atoms with Crippen LogP contribution in [0.1, 0.15) is 19.8 Å². The Morgan fingerprint density at radius 1 is 1.32 bits per heavy atom. The van der Waals surface area contributed by atoms with Crippen molar-refractivity contribution in [3.8, 4) is 11.5 Å². The van der Waals surface area contributed by atoms with Gasteiger partial charge in [0.15, 0.2) is 4.34 Å². The topological polar surface area (TPSA) is 85.4 Å². The minimum Gasteiger partial charge on any atom is -0.497 e. The van der Waals surface area contributed by atoms with Crippen LogP contribution in [0.3, 0.4) is 0 Å². The number of thioether (sulfide) groups is 1. The molecule has 1 heterocycles. The molecule has 0 aliphatic heterocycles. The van der Waals surface area contributed by atoms with E-state index in [4.69, 9.17) is 9.47 Å². The van der Waals surface area contributed by atoms with Crippen LogP contribution in [0.2, 0.25) is 0 Å². The highest BCUT2D eigenvalue weighted by Crippen LogP contribution is 2.33. The molecule has 134 valence electrons. The van der Waals surface area contributed by atoms with Crippen molar-refractivity contribution in [2.24, 2.45) is 0 Å². The van der Waals surface area contributed by atoms with Crippen molar-refractivity contribution in [2.45, 2.75) is 35.4 Å². The van der Waals surface area contributed by atoms with Crippen LogP contribution < -0.4 is 20.1 Å². The molecule has 1 aromatic heterocycles. The maximum Gasteiger partial charge on any atom is 0.237 e. The number of anilines is 2. The van der Waals surface area contributed by atoms with Crippen LogP contribution in [-0.4, -0.2) is 41.6 Å². The number of benzene rings is 1. The molecule has 7 nitrogen and oxygen atoms in total. The summed E-state index contributed by atoms with van der Waals surface area (Å²) in [6.45, 7) is 1.84. The second-order valence-corrected chi connectivity index (χ2v) is 8.17. The number of nitrogens with one attached hydrogen (secondary N) is 2. The Labute approximate surface area is 154 Å². The second-order valence-electron chi connectivity index (χ2n) is 5.61. The number of methoxy groups -OCH3 is 2. The summed E-state index contributed by atoms with van der Waals surface area (Å²) in [6, 6.07) is 5.80. The number of hydrogen-bond donors (Lipinski definition) is 2. The lowest BCUT2D eigenvalue weighted by molar-refractivity contribution is -0.115. The Balaban J connectivity index is 1.61. The van der Waals surface area contributed by atoms with Gasteiger partial charge in [0.05, 0.1) is 25.2 Å². The molecule has 1 aliphatic rings. The van der Waals surface area contributed by atoms with Crippen LogP contribution >= 0.6 is 23.1 Å². The third-order valence-electron chi connectivity index (χ3n) is 3.62. The van der Waals surface area contributed by atoms with E-state index in [1.54, 1.807) is 32.4 Å². The van der Waals surface area contributed by atoms with Gasteiger partial charge in [0.25, 0.3) is 0 Å². The van der Waals surface area contributed by atoms with E-state index in [-0.39, 0.29) is 11.2 Å². The number of hydrogen-bond acceptors (Lipinski definition) is 8. The number of rotatable bonds is 8. The Hall–Kier alpha value is -2.00. The molecule has 0 bridgehead atoms. The first-order valence-electron chi connectivity index (χ1n) is 7.88. The molecular formula is C16H20N4O3S2. The highest BCUT2D eigenvalue weighted by Gasteiger charge is 2.23. The van der Waals surface area contributed by atoms with Gasteiger partial charge in [-0.25, -0.2) is 0 Å². The molecule has 1 amide bonds. The van der Waals surface area contributed by atoms with Crippen molar-refractivity contribution in [1.82, 2.24) is 10.2 Å². The summed E-state index contributed by atoms with van der Waals surface area (Å²) >= 11 is 2.86. The van der Waals surface area contributed by atoms with Crippen LogP contribution in [-0.2, 0) is 4.79 Å². The summed E-state index contributed by atoms with van der Waals surface area (Å²) in [7, 11) is 3.14. The highest BCUT2D eigenvalue weighted by atomic mass is 32.2. The Bertz CT molecular complexity index is 749. The fourth-order valence-corrected chi connectivity index (χ4v) is 4.04. The van der Waals surface area contributed by atoms with Gasteiger partial charge in [-0.3, -0.25) is 4.79 Å². The second kappa shape index (κ2) is 7.92. The van der Waals surface area contributed by atoms with Crippen LogP contribution in [0.15, 0.2) is 22.5 Å². The molecule has 25 heavy (non-hydrogen) atoms. The van der Waals surface area contributed by atoms with Gasteiger partial charge in [-0.1, -0.05) is 23.1 Å². The van der Waals surface area contributed by atoms with Crippen LogP contribution in [0.25, 0.3) is 0 Å². The van der Waals surface area contributed by atoms with Crippen LogP contribution in [0.4, 0.5) is 10.8 Å². The molecule has 1 unspecified atom stereocenters. The van der Waals surface area contributed by atoms with Gasteiger partial charge in [0.2, 0.25) is 11.0 Å². The fourth-order valence-electron chi connectivity index (χ4n) is 2.07. The third kappa shape index (κ3) is 4.76. The largest absolute Gasteiger partial charge is 0.497 e. The van der Waals surface area contributed by atoms with E-state index in [1.807, 2.05) is 6.92 Å². The molecule has 0 spiro atoms. The summed E-state index contributed by atoms with van der Waals surface area (Å²) in [5.41, 5.74) is 0.577. The molecule has 3 rings (SSSR count). The molecule has 1 saturated carbocycles. The van der Waals surface area contributed by atoms with E-state index in [2.05, 4.69) is 20.8 Å². The molecule has 0 radical (unpaired) electrons. The standard InChI is InChI=1S/C16H20N4O3S2/c1-9(24-16-20-19-15(25-16)17-10-4-5-10)14(21)18-12-8-11(22-2)6-7-13(12)23-3/h6-10H,4-5H2,1-3H3,(H,17,19)(H,18,21). The highest BCUT2D eigenvalue weighted by molar-refractivity contribution is 8.02. The quantitative estimate of drug-likeness (QED) is 0.680. The predicted octanol–water partition coefficient (Wildman–Crippen LogP) is 3.25. The first kappa shape index (κ1) is 17.8. The summed E-state index contributed by atoms with van der Waals surface area (Å²) in [5.74, 6) is 1.10. The molecular weight excluding hydrogens is 360 g/mol. The zero-order valence-corrected chi connectivity index (χ0v) is 15.9. The van der Waals surface area contributed by atoms with Crippen molar-refractivity contribution < 1.29 is 14.3 Å². The molecule has 2 N–H and O–H groups in total. The molecule has 1 atom stereocenters. The summed E-state index contributed by atoms with van der Waals surface area (Å²) in [4.78, 5) is 12.5. The van der Waals surface area contributed by atoms with Gasteiger partial charge in [0.1, 0.15) is 11.5 Å². The number of carbonyl (C=O) groups is 1. The van der Waals surface area contributed by atoms with E-state index in [0.29, 0.717) is 23.2 Å². The number of aromatic nitrogens is 2. The zero-order chi connectivity index (χ0) is 17.8. The maximum absolute atomic E-state index is 12.5. The molecule has 9 heteroatoms. The third-order valence-corrected chi connectivity index (χ3v) is 5.66. The summed E-state index contributed by atoms with van der Waals surface area (Å²) < 4.78 is 11.2. The van der Waals surface area contributed by atoms with Crippen molar-refractivity contribution >= 4 is 39.8 Å². The monoisotopic (exact) mass is 380 g/mol. The predicted molar refractivity (Wildman–Crippen MR) is 100 cm³/mol.